The normalized spacial score (nSPS) is 13.7. The molecule has 1 rings (SSSR count). The van der Waals surface area contributed by atoms with Gasteiger partial charge in [0.1, 0.15) is 5.82 Å². The van der Waals surface area contributed by atoms with Crippen molar-refractivity contribution in [3.63, 3.8) is 0 Å². The van der Waals surface area contributed by atoms with Crippen LogP contribution < -0.4 is 11.3 Å². The molecule has 0 aliphatic heterocycles. The maximum absolute atomic E-state index is 13.1. The molecule has 0 bridgehead atoms. The van der Waals surface area contributed by atoms with Gasteiger partial charge in [-0.25, -0.2) is 4.39 Å². The quantitative estimate of drug-likeness (QED) is 0.488. The lowest BCUT2D eigenvalue weighted by atomic mass is 10.0. The Morgan fingerprint density at radius 1 is 1.39 bits per heavy atom. The Labute approximate surface area is 102 Å². The molecule has 0 amide bonds. The predicted octanol–water partition coefficient (Wildman–Crippen LogP) is 2.39. The number of hydrazine groups is 1. The molecule has 102 valence electrons. The van der Waals surface area contributed by atoms with Crippen LogP contribution in [0.5, 0.6) is 0 Å². The van der Waals surface area contributed by atoms with Crippen molar-refractivity contribution in [3.8, 4) is 0 Å². The van der Waals surface area contributed by atoms with Crippen LogP contribution in [0, 0.1) is 5.82 Å². The van der Waals surface area contributed by atoms with E-state index < -0.39 is 23.6 Å². The van der Waals surface area contributed by atoms with Crippen LogP contribution in [0.3, 0.4) is 0 Å². The number of rotatable bonds is 5. The van der Waals surface area contributed by atoms with Crippen molar-refractivity contribution >= 4 is 0 Å². The highest BCUT2D eigenvalue weighted by Gasteiger charge is 2.34. The van der Waals surface area contributed by atoms with Crippen LogP contribution in [0.1, 0.15) is 24.1 Å². The van der Waals surface area contributed by atoms with Crippen molar-refractivity contribution in [1.82, 2.24) is 5.43 Å². The first-order chi connectivity index (χ1) is 8.40. The van der Waals surface area contributed by atoms with Gasteiger partial charge in [0.05, 0.1) is 18.2 Å². The lowest BCUT2D eigenvalue weighted by Crippen LogP contribution is -2.31. The molecule has 0 aromatic heterocycles. The van der Waals surface area contributed by atoms with Crippen LogP contribution in [0.4, 0.5) is 17.6 Å². The van der Waals surface area contributed by atoms with Gasteiger partial charge >= 0.3 is 6.18 Å². The number of hydrogen-bond donors (Lipinski definition) is 2. The summed E-state index contributed by atoms with van der Waals surface area (Å²) in [5.74, 6) is 3.93. The summed E-state index contributed by atoms with van der Waals surface area (Å²) in [5.41, 5.74) is 1.25. The summed E-state index contributed by atoms with van der Waals surface area (Å²) in [7, 11) is 0. The number of ether oxygens (including phenoxy) is 1. The summed E-state index contributed by atoms with van der Waals surface area (Å²) >= 11 is 0. The van der Waals surface area contributed by atoms with E-state index in [4.69, 9.17) is 10.6 Å². The fraction of sp³-hybridized carbons (Fsp3) is 0.455. The van der Waals surface area contributed by atoms with Gasteiger partial charge in [0, 0.05) is 6.61 Å². The molecule has 0 saturated heterocycles. The van der Waals surface area contributed by atoms with Gasteiger partial charge < -0.3 is 4.74 Å². The Morgan fingerprint density at radius 3 is 2.56 bits per heavy atom. The number of alkyl halides is 3. The molecule has 1 aromatic carbocycles. The monoisotopic (exact) mass is 266 g/mol. The Morgan fingerprint density at radius 2 is 2.06 bits per heavy atom. The molecule has 7 heteroatoms. The van der Waals surface area contributed by atoms with Gasteiger partial charge in [0.25, 0.3) is 0 Å². The predicted molar refractivity (Wildman–Crippen MR) is 58.0 cm³/mol. The van der Waals surface area contributed by atoms with E-state index >= 15 is 0 Å². The van der Waals surface area contributed by atoms with E-state index in [1.54, 1.807) is 6.92 Å². The van der Waals surface area contributed by atoms with Gasteiger partial charge in [-0.2, -0.15) is 13.2 Å². The summed E-state index contributed by atoms with van der Waals surface area (Å²) < 4.78 is 55.7. The topological polar surface area (TPSA) is 47.3 Å². The summed E-state index contributed by atoms with van der Waals surface area (Å²) in [5, 5.41) is 0. The lowest BCUT2D eigenvalue weighted by Gasteiger charge is -2.18. The lowest BCUT2D eigenvalue weighted by molar-refractivity contribution is -0.140. The SMILES string of the molecule is CCOCC(NN)c1ccc(F)c(C(F)(F)F)c1. The first kappa shape index (κ1) is 14.9. The fourth-order valence-corrected chi connectivity index (χ4v) is 1.45. The summed E-state index contributed by atoms with van der Waals surface area (Å²) in [4.78, 5) is 0. The van der Waals surface area contributed by atoms with Crippen molar-refractivity contribution in [1.29, 1.82) is 0 Å². The largest absolute Gasteiger partial charge is 0.419 e. The number of hydrogen-bond acceptors (Lipinski definition) is 3. The number of nitrogens with one attached hydrogen (secondary N) is 1. The van der Waals surface area contributed by atoms with E-state index in [-0.39, 0.29) is 12.2 Å². The van der Waals surface area contributed by atoms with Crippen LogP contribution >= 0.6 is 0 Å². The Hall–Kier alpha value is -1.18. The van der Waals surface area contributed by atoms with Crippen LogP contribution in [-0.2, 0) is 10.9 Å². The zero-order chi connectivity index (χ0) is 13.8. The first-order valence-corrected chi connectivity index (χ1v) is 5.30. The zero-order valence-corrected chi connectivity index (χ0v) is 9.72. The van der Waals surface area contributed by atoms with Crippen molar-refractivity contribution in [2.45, 2.75) is 19.1 Å². The zero-order valence-electron chi connectivity index (χ0n) is 9.72. The van der Waals surface area contributed by atoms with Crippen LogP contribution in [-0.4, -0.2) is 13.2 Å². The summed E-state index contributed by atoms with van der Waals surface area (Å²) in [6.07, 6.45) is -4.73. The van der Waals surface area contributed by atoms with E-state index in [0.717, 1.165) is 12.1 Å². The molecule has 1 atom stereocenters. The summed E-state index contributed by atoms with van der Waals surface area (Å²) in [6.45, 7) is 2.26. The molecule has 1 aromatic rings. The van der Waals surface area contributed by atoms with Gasteiger partial charge in [-0.15, -0.1) is 0 Å². The Kier molecular flexibility index (Phi) is 5.06. The van der Waals surface area contributed by atoms with Crippen molar-refractivity contribution in [2.24, 2.45) is 5.84 Å². The van der Waals surface area contributed by atoms with Crippen molar-refractivity contribution in [3.05, 3.63) is 35.1 Å². The minimum Gasteiger partial charge on any atom is -0.380 e. The third-order valence-electron chi connectivity index (χ3n) is 2.39. The Balaban J connectivity index is 3.02. The minimum absolute atomic E-state index is 0.107. The molecular weight excluding hydrogens is 252 g/mol. The highest BCUT2D eigenvalue weighted by molar-refractivity contribution is 5.29. The highest BCUT2D eigenvalue weighted by Crippen LogP contribution is 2.32. The average Bonchev–Trinajstić information content (AvgIpc) is 2.30. The second-order valence-electron chi connectivity index (χ2n) is 3.62. The molecule has 0 spiro atoms. The van der Waals surface area contributed by atoms with Crippen LogP contribution in [0.2, 0.25) is 0 Å². The third-order valence-corrected chi connectivity index (χ3v) is 2.39. The average molecular weight is 266 g/mol. The van der Waals surface area contributed by atoms with Crippen molar-refractivity contribution < 1.29 is 22.3 Å². The van der Waals surface area contributed by atoms with E-state index in [2.05, 4.69) is 5.43 Å². The maximum atomic E-state index is 13.1. The molecule has 0 radical (unpaired) electrons. The number of halogens is 4. The number of nitrogens with two attached hydrogens (primary N) is 1. The maximum Gasteiger partial charge on any atom is 0.419 e. The van der Waals surface area contributed by atoms with Gasteiger partial charge in [0.2, 0.25) is 0 Å². The second-order valence-corrected chi connectivity index (χ2v) is 3.62. The molecule has 0 aliphatic rings. The van der Waals surface area contributed by atoms with Crippen LogP contribution in [0.15, 0.2) is 18.2 Å². The van der Waals surface area contributed by atoms with E-state index in [1.165, 1.54) is 6.07 Å². The fourth-order valence-electron chi connectivity index (χ4n) is 1.45. The molecule has 1 unspecified atom stereocenters. The van der Waals surface area contributed by atoms with Gasteiger partial charge in [-0.3, -0.25) is 11.3 Å². The molecule has 0 fully saturated rings. The molecule has 18 heavy (non-hydrogen) atoms. The van der Waals surface area contributed by atoms with E-state index in [1.807, 2.05) is 0 Å². The smallest absolute Gasteiger partial charge is 0.380 e. The van der Waals surface area contributed by atoms with E-state index in [0.29, 0.717) is 6.61 Å². The first-order valence-electron chi connectivity index (χ1n) is 5.30. The third kappa shape index (κ3) is 3.66. The molecule has 3 N–H and O–H groups in total. The van der Waals surface area contributed by atoms with Crippen molar-refractivity contribution in [2.75, 3.05) is 13.2 Å². The van der Waals surface area contributed by atoms with Gasteiger partial charge in [0.15, 0.2) is 0 Å². The van der Waals surface area contributed by atoms with Gasteiger partial charge in [-0.1, -0.05) is 6.07 Å². The molecule has 0 saturated carbocycles. The summed E-state index contributed by atoms with van der Waals surface area (Å²) in [6, 6.07) is 2.13. The second kappa shape index (κ2) is 6.12. The minimum atomic E-state index is -4.73. The Bertz CT molecular complexity index is 395. The van der Waals surface area contributed by atoms with Gasteiger partial charge in [-0.05, 0) is 24.6 Å². The van der Waals surface area contributed by atoms with Crippen LogP contribution in [0.25, 0.3) is 0 Å². The molecule has 0 heterocycles. The molecule has 3 nitrogen and oxygen atoms in total. The highest BCUT2D eigenvalue weighted by atomic mass is 19.4. The van der Waals surface area contributed by atoms with E-state index in [9.17, 15) is 17.6 Å². The molecule has 0 aliphatic carbocycles. The standard InChI is InChI=1S/C11H14F4N2O/c1-2-18-6-10(17-16)7-3-4-9(12)8(5-7)11(13,14)15/h3-5,10,17H,2,6,16H2,1H3. The number of benzene rings is 1. The molecular formula is C11H14F4N2O.